The Labute approximate surface area is 167 Å². The van der Waals surface area contributed by atoms with Crippen molar-refractivity contribution < 1.29 is 9.72 Å². The Morgan fingerprint density at radius 3 is 2.71 bits per heavy atom. The molecular formula is C19H23N5O3S. The summed E-state index contributed by atoms with van der Waals surface area (Å²) in [6.45, 7) is 8.14. The number of thiophene rings is 1. The Bertz CT molecular complexity index is 1010. The van der Waals surface area contributed by atoms with Crippen LogP contribution in [0.15, 0.2) is 0 Å². The molecule has 0 spiro atoms. The van der Waals surface area contributed by atoms with Crippen LogP contribution in [0.4, 0.5) is 10.7 Å². The third-order valence-corrected chi connectivity index (χ3v) is 6.59. The molecule has 0 unspecified atom stereocenters. The summed E-state index contributed by atoms with van der Waals surface area (Å²) >= 11 is 1.40. The van der Waals surface area contributed by atoms with Gasteiger partial charge in [0, 0.05) is 11.9 Å². The predicted molar refractivity (Wildman–Crippen MR) is 107 cm³/mol. The number of nitrogens with zero attached hydrogens (tertiary/aromatic N) is 4. The lowest BCUT2D eigenvalue weighted by molar-refractivity contribution is -0.385. The van der Waals surface area contributed by atoms with Gasteiger partial charge in [0.2, 0.25) is 5.69 Å². The van der Waals surface area contributed by atoms with Crippen molar-refractivity contribution in [3.05, 3.63) is 37.5 Å². The Morgan fingerprint density at radius 1 is 1.46 bits per heavy atom. The standard InChI is InChI=1S/C19H23N5O3S/c1-10-15(24(26)27)16(23(5)22-10)17(25)21-18-13(9-20)12-7-6-11(19(2,3)4)8-14(12)28-18/h11H,6-8H2,1-5H3,(H,21,25)/t11-/m0/s1. The first-order valence-electron chi connectivity index (χ1n) is 9.08. The van der Waals surface area contributed by atoms with Gasteiger partial charge in [0.15, 0.2) is 0 Å². The summed E-state index contributed by atoms with van der Waals surface area (Å²) < 4.78 is 1.21. The van der Waals surface area contributed by atoms with E-state index in [-0.39, 0.29) is 22.5 Å². The minimum Gasteiger partial charge on any atom is -0.311 e. The van der Waals surface area contributed by atoms with Crippen molar-refractivity contribution in [3.63, 3.8) is 0 Å². The summed E-state index contributed by atoms with van der Waals surface area (Å²) in [5.41, 5.74) is 1.39. The molecule has 0 aromatic carbocycles. The third kappa shape index (κ3) is 3.40. The average Bonchev–Trinajstić information content (AvgIpc) is 3.08. The highest BCUT2D eigenvalue weighted by Crippen LogP contribution is 2.44. The van der Waals surface area contributed by atoms with Crippen molar-refractivity contribution >= 4 is 27.9 Å². The molecule has 148 valence electrons. The maximum absolute atomic E-state index is 12.8. The number of aromatic nitrogens is 2. The fourth-order valence-electron chi connectivity index (χ4n) is 3.81. The van der Waals surface area contributed by atoms with Crippen LogP contribution in [0, 0.1) is 39.7 Å². The van der Waals surface area contributed by atoms with Gasteiger partial charge in [0.1, 0.15) is 16.8 Å². The highest BCUT2D eigenvalue weighted by atomic mass is 32.1. The van der Waals surface area contributed by atoms with Crippen LogP contribution in [-0.2, 0) is 19.9 Å². The van der Waals surface area contributed by atoms with E-state index >= 15 is 0 Å². The van der Waals surface area contributed by atoms with Crippen LogP contribution in [0.5, 0.6) is 0 Å². The predicted octanol–water partition coefficient (Wildman–Crippen LogP) is 3.97. The number of rotatable bonds is 3. The molecule has 9 heteroatoms. The van der Waals surface area contributed by atoms with E-state index in [1.165, 1.54) is 30.0 Å². The molecule has 0 saturated carbocycles. The first kappa shape index (κ1) is 20.0. The van der Waals surface area contributed by atoms with Crippen LogP contribution in [0.2, 0.25) is 0 Å². The van der Waals surface area contributed by atoms with Crippen molar-refractivity contribution in [3.8, 4) is 6.07 Å². The first-order valence-corrected chi connectivity index (χ1v) is 9.90. The molecule has 1 aliphatic carbocycles. The van der Waals surface area contributed by atoms with Gasteiger partial charge in [0.05, 0.1) is 10.5 Å². The minimum atomic E-state index is -0.628. The second-order valence-electron chi connectivity index (χ2n) is 8.24. The Morgan fingerprint density at radius 2 is 2.14 bits per heavy atom. The maximum atomic E-state index is 12.8. The molecule has 1 aliphatic rings. The van der Waals surface area contributed by atoms with Gasteiger partial charge in [-0.15, -0.1) is 11.3 Å². The number of amides is 1. The number of carbonyl (C=O) groups is 1. The summed E-state index contributed by atoms with van der Waals surface area (Å²) in [5.74, 6) is -0.119. The van der Waals surface area contributed by atoms with E-state index in [0.717, 1.165) is 29.7 Å². The van der Waals surface area contributed by atoms with Crippen LogP contribution in [0.3, 0.4) is 0 Å². The molecule has 2 aromatic rings. The number of nitrogens with one attached hydrogen (secondary N) is 1. The normalized spacial score (nSPS) is 16.4. The second-order valence-corrected chi connectivity index (χ2v) is 9.35. The molecular weight excluding hydrogens is 378 g/mol. The van der Waals surface area contributed by atoms with Gasteiger partial charge in [-0.2, -0.15) is 10.4 Å². The van der Waals surface area contributed by atoms with Crippen molar-refractivity contribution in [2.75, 3.05) is 5.32 Å². The lowest BCUT2D eigenvalue weighted by atomic mass is 9.72. The van der Waals surface area contributed by atoms with E-state index in [2.05, 4.69) is 37.3 Å². The smallest absolute Gasteiger partial charge is 0.311 e. The zero-order chi connectivity index (χ0) is 20.8. The molecule has 1 N–H and O–H groups in total. The molecule has 2 heterocycles. The van der Waals surface area contributed by atoms with Gasteiger partial charge < -0.3 is 5.32 Å². The number of fused-ring (bicyclic) bond motifs is 1. The van der Waals surface area contributed by atoms with Crippen molar-refractivity contribution in [1.29, 1.82) is 5.26 Å². The molecule has 8 nitrogen and oxygen atoms in total. The monoisotopic (exact) mass is 401 g/mol. The molecule has 0 bridgehead atoms. The van der Waals surface area contributed by atoms with Crippen LogP contribution in [0.25, 0.3) is 0 Å². The number of nitriles is 1. The molecule has 1 amide bonds. The maximum Gasteiger partial charge on any atom is 0.322 e. The summed E-state index contributed by atoms with van der Waals surface area (Å²) in [6.07, 6.45) is 2.68. The van der Waals surface area contributed by atoms with Gasteiger partial charge >= 0.3 is 5.69 Å². The number of carbonyl (C=O) groups excluding carboxylic acids is 1. The molecule has 1 atom stereocenters. The van der Waals surface area contributed by atoms with Crippen LogP contribution in [-0.4, -0.2) is 20.6 Å². The largest absolute Gasteiger partial charge is 0.322 e. The fourth-order valence-corrected chi connectivity index (χ4v) is 5.09. The Hall–Kier alpha value is -2.73. The van der Waals surface area contributed by atoms with Gasteiger partial charge in [-0.05, 0) is 43.1 Å². The van der Waals surface area contributed by atoms with Gasteiger partial charge in [-0.25, -0.2) is 0 Å². The number of hydrogen-bond acceptors (Lipinski definition) is 6. The van der Waals surface area contributed by atoms with Crippen molar-refractivity contribution in [2.45, 2.75) is 47.0 Å². The number of anilines is 1. The van der Waals surface area contributed by atoms with E-state index < -0.39 is 10.8 Å². The van der Waals surface area contributed by atoms with Gasteiger partial charge in [0.25, 0.3) is 5.91 Å². The molecule has 2 aromatic heterocycles. The van der Waals surface area contributed by atoms with Crippen LogP contribution >= 0.6 is 11.3 Å². The molecule has 28 heavy (non-hydrogen) atoms. The summed E-state index contributed by atoms with van der Waals surface area (Å²) in [7, 11) is 1.49. The number of aryl methyl sites for hydroxylation is 2. The van der Waals surface area contributed by atoms with Crippen LogP contribution in [0.1, 0.15) is 59.4 Å². The average molecular weight is 401 g/mol. The second kappa shape index (κ2) is 7.02. The topological polar surface area (TPSA) is 114 Å². The lowest BCUT2D eigenvalue weighted by Gasteiger charge is -2.33. The lowest BCUT2D eigenvalue weighted by Crippen LogP contribution is -2.26. The third-order valence-electron chi connectivity index (χ3n) is 5.42. The summed E-state index contributed by atoms with van der Waals surface area (Å²) in [6, 6.07) is 2.21. The minimum absolute atomic E-state index is 0.120. The van der Waals surface area contributed by atoms with E-state index in [1.807, 2.05) is 0 Å². The summed E-state index contributed by atoms with van der Waals surface area (Å²) in [4.78, 5) is 24.7. The molecule has 0 saturated heterocycles. The molecule has 0 fully saturated rings. The zero-order valence-corrected chi connectivity index (χ0v) is 17.4. The van der Waals surface area contributed by atoms with E-state index in [9.17, 15) is 20.2 Å². The van der Waals surface area contributed by atoms with E-state index in [0.29, 0.717) is 16.5 Å². The van der Waals surface area contributed by atoms with Gasteiger partial charge in [-0.3, -0.25) is 19.6 Å². The van der Waals surface area contributed by atoms with E-state index in [1.54, 1.807) is 0 Å². The quantitative estimate of drug-likeness (QED) is 0.617. The summed E-state index contributed by atoms with van der Waals surface area (Å²) in [5, 5.41) is 28.2. The zero-order valence-electron chi connectivity index (χ0n) is 16.6. The van der Waals surface area contributed by atoms with E-state index in [4.69, 9.17) is 0 Å². The molecule has 3 rings (SSSR count). The first-order chi connectivity index (χ1) is 13.0. The highest BCUT2D eigenvalue weighted by molar-refractivity contribution is 7.16. The van der Waals surface area contributed by atoms with Crippen molar-refractivity contribution in [1.82, 2.24) is 9.78 Å². The highest BCUT2D eigenvalue weighted by Gasteiger charge is 2.34. The SMILES string of the molecule is Cc1nn(C)c(C(=O)Nc2sc3c(c2C#N)CC[C@H](C(C)(C)C)C3)c1[N+](=O)[O-]. The molecule has 0 aliphatic heterocycles. The molecule has 0 radical (unpaired) electrons. The fraction of sp³-hybridized carbons (Fsp3) is 0.526. The number of nitro groups is 1. The van der Waals surface area contributed by atoms with Crippen molar-refractivity contribution in [2.24, 2.45) is 18.4 Å². The van der Waals surface area contributed by atoms with Gasteiger partial charge in [-0.1, -0.05) is 20.8 Å². The Balaban J connectivity index is 1.95. The Kier molecular flexibility index (Phi) is 5.02. The van der Waals surface area contributed by atoms with Crippen LogP contribution < -0.4 is 5.32 Å². The number of hydrogen-bond donors (Lipinski definition) is 1.